The minimum Gasteiger partial charge on any atom is -0.355 e. The number of benzene rings is 2. The molecule has 9 heteroatoms. The van der Waals surface area contributed by atoms with Gasteiger partial charge < -0.3 is 9.84 Å². The van der Waals surface area contributed by atoms with Crippen molar-refractivity contribution in [2.45, 2.75) is 38.0 Å². The third-order valence-electron chi connectivity index (χ3n) is 6.16. The average molecular weight is 498 g/mol. The van der Waals surface area contributed by atoms with Gasteiger partial charge in [-0.15, -0.1) is 0 Å². The van der Waals surface area contributed by atoms with Crippen LogP contribution in [0.2, 0.25) is 0 Å². The van der Waals surface area contributed by atoms with Gasteiger partial charge in [0.05, 0.1) is 5.92 Å². The molecule has 0 saturated carbocycles. The van der Waals surface area contributed by atoms with Gasteiger partial charge in [-0.05, 0) is 56.0 Å². The predicted molar refractivity (Wildman–Crippen MR) is 133 cm³/mol. The molecule has 0 spiro atoms. The molecule has 2 heterocycles. The number of hydrogen-bond donors (Lipinski definition) is 1. The van der Waals surface area contributed by atoms with Gasteiger partial charge in [-0.3, -0.25) is 4.79 Å². The van der Waals surface area contributed by atoms with Crippen LogP contribution in [0.3, 0.4) is 0 Å². The third-order valence-corrected chi connectivity index (χ3v) is 8.19. The predicted octanol–water partition coefficient (Wildman–Crippen LogP) is 4.89. The smallest absolute Gasteiger partial charge is 0.248 e. The van der Waals surface area contributed by atoms with E-state index in [2.05, 4.69) is 10.5 Å². The lowest BCUT2D eigenvalue weighted by molar-refractivity contribution is -0.120. The summed E-state index contributed by atoms with van der Waals surface area (Å²) >= 11 is 0. The lowest BCUT2D eigenvalue weighted by Gasteiger charge is -2.31. The van der Waals surface area contributed by atoms with Crippen LogP contribution in [0.5, 0.6) is 0 Å². The van der Waals surface area contributed by atoms with E-state index in [-0.39, 0.29) is 28.8 Å². The summed E-state index contributed by atoms with van der Waals surface area (Å²) in [4.78, 5) is 12.9. The fraction of sp³-hybridized carbons (Fsp3) is 0.308. The van der Waals surface area contributed by atoms with Crippen LogP contribution in [0, 0.1) is 18.7 Å². The summed E-state index contributed by atoms with van der Waals surface area (Å²) in [5.41, 5.74) is 2.27. The largest absolute Gasteiger partial charge is 0.355 e. The van der Waals surface area contributed by atoms with E-state index < -0.39 is 21.8 Å². The number of amides is 1. The van der Waals surface area contributed by atoms with Crippen molar-refractivity contribution in [3.8, 4) is 0 Å². The zero-order chi connectivity index (χ0) is 25.0. The van der Waals surface area contributed by atoms with Gasteiger partial charge in [-0.2, -0.15) is 4.31 Å². The van der Waals surface area contributed by atoms with Gasteiger partial charge >= 0.3 is 0 Å². The SMILES string of the molecule is CCc1ccccc1NC(=O)[C@@H]1CCCN(S(=O)(=O)c2c(C)noc2/C=C/c2ccccc2F)C1. The number of nitrogens with zero attached hydrogens (tertiary/aromatic N) is 2. The van der Waals surface area contributed by atoms with E-state index in [1.807, 2.05) is 31.2 Å². The van der Waals surface area contributed by atoms with E-state index in [9.17, 15) is 17.6 Å². The second kappa shape index (κ2) is 10.5. The van der Waals surface area contributed by atoms with Gasteiger partial charge in [0.15, 0.2) is 10.7 Å². The molecular formula is C26H28FN3O4S. The van der Waals surface area contributed by atoms with Gasteiger partial charge in [0, 0.05) is 24.3 Å². The summed E-state index contributed by atoms with van der Waals surface area (Å²) in [5, 5.41) is 6.80. The molecule has 1 aliphatic heterocycles. The first kappa shape index (κ1) is 24.8. The Hall–Kier alpha value is -3.30. The zero-order valence-corrected chi connectivity index (χ0v) is 20.5. The minimum atomic E-state index is -3.99. The molecule has 3 aromatic rings. The monoisotopic (exact) mass is 497 g/mol. The standard InChI is InChI=1S/C26H28FN3O4S/c1-3-19-9-5-7-13-23(19)28-26(31)21-11-8-16-30(17-21)35(32,33)25-18(2)29-34-24(25)15-14-20-10-4-6-12-22(20)27/h4-7,9-10,12-15,21H,3,8,11,16-17H2,1-2H3,(H,28,31)/b15-14+/t21-/m1/s1. The van der Waals surface area contributed by atoms with Gasteiger partial charge in [0.25, 0.3) is 0 Å². The van der Waals surface area contributed by atoms with Crippen LogP contribution in [-0.2, 0) is 21.2 Å². The van der Waals surface area contributed by atoms with Crippen molar-refractivity contribution in [2.75, 3.05) is 18.4 Å². The second-order valence-corrected chi connectivity index (χ2v) is 10.4. The normalized spacial score (nSPS) is 17.1. The van der Waals surface area contributed by atoms with E-state index in [1.54, 1.807) is 25.1 Å². The second-order valence-electron chi connectivity index (χ2n) is 8.52. The molecule has 1 aromatic heterocycles. The Balaban J connectivity index is 1.55. The van der Waals surface area contributed by atoms with Crippen LogP contribution < -0.4 is 5.32 Å². The molecule has 1 atom stereocenters. The van der Waals surface area contributed by atoms with Crippen molar-refractivity contribution in [2.24, 2.45) is 5.92 Å². The number of carbonyl (C=O) groups is 1. The van der Waals surface area contributed by atoms with Crippen molar-refractivity contribution in [3.63, 3.8) is 0 Å². The summed E-state index contributed by atoms with van der Waals surface area (Å²) in [6.45, 7) is 3.91. The van der Waals surface area contributed by atoms with E-state index in [1.165, 1.54) is 22.5 Å². The molecule has 1 amide bonds. The number of aryl methyl sites for hydroxylation is 2. The lowest BCUT2D eigenvalue weighted by atomic mass is 9.98. The molecule has 1 fully saturated rings. The van der Waals surface area contributed by atoms with E-state index in [0.717, 1.165) is 17.7 Å². The maximum absolute atomic E-state index is 14.0. The maximum Gasteiger partial charge on any atom is 0.248 e. The molecule has 184 valence electrons. The Kier molecular flexibility index (Phi) is 7.47. The summed E-state index contributed by atoms with van der Waals surface area (Å²) in [6, 6.07) is 13.7. The number of para-hydroxylation sites is 1. The van der Waals surface area contributed by atoms with Gasteiger partial charge in [-0.1, -0.05) is 48.5 Å². The number of carbonyl (C=O) groups excluding carboxylic acids is 1. The van der Waals surface area contributed by atoms with Crippen molar-refractivity contribution in [1.29, 1.82) is 0 Å². The highest BCUT2D eigenvalue weighted by Crippen LogP contribution is 2.30. The maximum atomic E-state index is 14.0. The molecular weight excluding hydrogens is 469 g/mol. The van der Waals surface area contributed by atoms with E-state index >= 15 is 0 Å². The molecule has 1 N–H and O–H groups in total. The molecule has 1 saturated heterocycles. The summed E-state index contributed by atoms with van der Waals surface area (Å²) in [6.07, 6.45) is 4.77. The highest BCUT2D eigenvalue weighted by atomic mass is 32.2. The fourth-order valence-electron chi connectivity index (χ4n) is 4.26. The minimum absolute atomic E-state index is 0.0224. The first-order valence-electron chi connectivity index (χ1n) is 11.6. The molecule has 0 aliphatic carbocycles. The number of hydrogen-bond acceptors (Lipinski definition) is 5. The van der Waals surface area contributed by atoms with Crippen LogP contribution >= 0.6 is 0 Å². The highest BCUT2D eigenvalue weighted by Gasteiger charge is 2.37. The average Bonchev–Trinajstić information content (AvgIpc) is 3.25. The molecule has 7 nitrogen and oxygen atoms in total. The first-order chi connectivity index (χ1) is 16.8. The van der Waals surface area contributed by atoms with Crippen molar-refractivity contribution in [1.82, 2.24) is 9.46 Å². The van der Waals surface area contributed by atoms with Crippen LogP contribution in [-0.4, -0.2) is 36.9 Å². The molecule has 35 heavy (non-hydrogen) atoms. The quantitative estimate of drug-likeness (QED) is 0.502. The number of aromatic nitrogens is 1. The molecule has 0 radical (unpaired) electrons. The molecule has 0 bridgehead atoms. The van der Waals surface area contributed by atoms with E-state index in [4.69, 9.17) is 4.52 Å². The Labute approximate surface area is 204 Å². The number of anilines is 1. The highest BCUT2D eigenvalue weighted by molar-refractivity contribution is 7.89. The van der Waals surface area contributed by atoms with Crippen molar-refractivity contribution >= 4 is 33.8 Å². The van der Waals surface area contributed by atoms with Crippen molar-refractivity contribution in [3.05, 3.63) is 76.9 Å². The summed E-state index contributed by atoms with van der Waals surface area (Å²) < 4.78 is 47.7. The number of rotatable bonds is 7. The third kappa shape index (κ3) is 5.36. The first-order valence-corrected chi connectivity index (χ1v) is 13.0. The van der Waals surface area contributed by atoms with Crippen LogP contribution in [0.25, 0.3) is 12.2 Å². The molecule has 2 aromatic carbocycles. The van der Waals surface area contributed by atoms with Gasteiger partial charge in [-0.25, -0.2) is 12.8 Å². The molecule has 0 unspecified atom stereocenters. The Bertz CT molecular complexity index is 1350. The fourth-order valence-corrected chi connectivity index (χ4v) is 6.04. The topological polar surface area (TPSA) is 92.5 Å². The number of nitrogens with one attached hydrogen (secondary N) is 1. The van der Waals surface area contributed by atoms with Gasteiger partial charge in [0.1, 0.15) is 11.5 Å². The van der Waals surface area contributed by atoms with Crippen LogP contribution in [0.1, 0.15) is 42.3 Å². The zero-order valence-electron chi connectivity index (χ0n) is 19.7. The number of halogens is 1. The van der Waals surface area contributed by atoms with Gasteiger partial charge in [0.2, 0.25) is 15.9 Å². The Morgan fingerprint density at radius 1 is 1.20 bits per heavy atom. The Morgan fingerprint density at radius 3 is 2.71 bits per heavy atom. The molecule has 1 aliphatic rings. The number of sulfonamides is 1. The van der Waals surface area contributed by atoms with Crippen molar-refractivity contribution < 1.29 is 22.1 Å². The Morgan fingerprint density at radius 2 is 1.94 bits per heavy atom. The van der Waals surface area contributed by atoms with E-state index in [0.29, 0.717) is 24.9 Å². The lowest BCUT2D eigenvalue weighted by Crippen LogP contribution is -2.44. The van der Waals surface area contributed by atoms with Crippen LogP contribution in [0.15, 0.2) is 57.9 Å². The molecule has 4 rings (SSSR count). The number of piperidine rings is 1. The summed E-state index contributed by atoms with van der Waals surface area (Å²) in [7, 11) is -3.99. The summed E-state index contributed by atoms with van der Waals surface area (Å²) in [5.74, 6) is -1.10. The van der Waals surface area contributed by atoms with Crippen LogP contribution in [0.4, 0.5) is 10.1 Å².